The average Bonchev–Trinajstić information content (AvgIpc) is 3.62. The quantitative estimate of drug-likeness (QED) is 0.257. The van der Waals surface area contributed by atoms with Gasteiger partial charge in [-0.1, -0.05) is 72.8 Å². The van der Waals surface area contributed by atoms with Gasteiger partial charge in [-0.2, -0.15) is 5.10 Å². The van der Waals surface area contributed by atoms with Crippen LogP contribution in [0.3, 0.4) is 0 Å². The van der Waals surface area contributed by atoms with Crippen molar-refractivity contribution in [3.05, 3.63) is 132 Å². The third-order valence-electron chi connectivity index (χ3n) is 8.24. The number of aromatic nitrogens is 4. The van der Waals surface area contributed by atoms with Crippen molar-refractivity contribution in [2.75, 3.05) is 12.0 Å². The number of carbonyl (C=O) groups is 1. The maximum atomic E-state index is 12.2. The van der Waals surface area contributed by atoms with Crippen LogP contribution in [0.5, 0.6) is 0 Å². The molecule has 1 aliphatic heterocycles. The van der Waals surface area contributed by atoms with E-state index in [1.807, 2.05) is 30.1 Å². The van der Waals surface area contributed by atoms with E-state index in [1.165, 1.54) is 18.2 Å². The van der Waals surface area contributed by atoms with Gasteiger partial charge in [-0.05, 0) is 36.2 Å². The molecule has 2 aromatic heterocycles. The third-order valence-corrected chi connectivity index (χ3v) is 8.24. The second kappa shape index (κ2) is 9.38. The molecule has 2 unspecified atom stereocenters. The molecule has 198 valence electrons. The Morgan fingerprint density at radius 2 is 1.88 bits per heavy atom. The molecule has 0 N–H and O–H groups in total. The zero-order valence-electron chi connectivity index (χ0n) is 22.4. The minimum atomic E-state index is -0.469. The Hall–Kier alpha value is -4.91. The molecule has 1 aliphatic carbocycles. The summed E-state index contributed by atoms with van der Waals surface area (Å²) in [7, 11) is 3.30. The van der Waals surface area contributed by atoms with Gasteiger partial charge in [0, 0.05) is 36.3 Å². The highest BCUT2D eigenvalue weighted by atomic mass is 16.5. The molecule has 0 fully saturated rings. The van der Waals surface area contributed by atoms with Gasteiger partial charge < -0.3 is 14.2 Å². The van der Waals surface area contributed by atoms with E-state index >= 15 is 0 Å². The number of carbonyl (C=O) groups excluding carboxylic acids is 1. The van der Waals surface area contributed by atoms with Gasteiger partial charge in [-0.3, -0.25) is 4.68 Å². The van der Waals surface area contributed by atoms with Crippen molar-refractivity contribution < 1.29 is 9.53 Å². The molecule has 7 heteroatoms. The summed E-state index contributed by atoms with van der Waals surface area (Å²) in [5, 5.41) is 5.88. The van der Waals surface area contributed by atoms with Crippen LogP contribution in [0.25, 0.3) is 10.9 Å². The Balaban J connectivity index is 1.41. The van der Waals surface area contributed by atoms with Crippen LogP contribution in [-0.4, -0.2) is 32.4 Å². The summed E-state index contributed by atoms with van der Waals surface area (Å²) in [5.41, 5.74) is 5.39. The molecule has 0 saturated carbocycles. The largest absolute Gasteiger partial charge is 0.465 e. The zero-order chi connectivity index (χ0) is 27.3. The maximum absolute atomic E-state index is 12.2. The van der Waals surface area contributed by atoms with Gasteiger partial charge in [-0.25, -0.2) is 9.78 Å². The highest BCUT2D eigenvalue weighted by Gasteiger charge is 2.49. The van der Waals surface area contributed by atoms with Gasteiger partial charge in [-0.15, -0.1) is 0 Å². The Bertz CT molecular complexity index is 1800. The molecule has 3 aromatic carbocycles. The van der Waals surface area contributed by atoms with Crippen LogP contribution in [0.2, 0.25) is 0 Å². The first-order valence-corrected chi connectivity index (χ1v) is 13.5. The number of imidazole rings is 1. The number of hydrogen-bond acceptors (Lipinski definition) is 5. The number of benzene rings is 3. The van der Waals surface area contributed by atoms with E-state index in [0.717, 1.165) is 34.7 Å². The number of hydrogen-bond donors (Lipinski definition) is 0. The van der Waals surface area contributed by atoms with Crippen LogP contribution in [0.15, 0.2) is 109 Å². The average molecular weight is 528 g/mol. The minimum absolute atomic E-state index is 0.198. The lowest BCUT2D eigenvalue weighted by atomic mass is 9.69. The molecular weight excluding hydrogens is 498 g/mol. The molecular formula is C33H29N5O2. The number of anilines is 2. The summed E-state index contributed by atoms with van der Waals surface area (Å²) in [6.45, 7) is 0.522. The summed E-state index contributed by atoms with van der Waals surface area (Å²) in [5.74, 6) is 0.708. The first-order valence-electron chi connectivity index (χ1n) is 13.5. The summed E-state index contributed by atoms with van der Waals surface area (Å²) in [6, 6.07) is 25.0. The predicted octanol–water partition coefficient (Wildman–Crippen LogP) is 6.13. The summed E-state index contributed by atoms with van der Waals surface area (Å²) in [4.78, 5) is 19.4. The molecule has 7 nitrogen and oxygen atoms in total. The lowest BCUT2D eigenvalue weighted by Crippen LogP contribution is -2.48. The Morgan fingerprint density at radius 3 is 2.67 bits per heavy atom. The molecule has 0 spiro atoms. The third kappa shape index (κ3) is 3.47. The van der Waals surface area contributed by atoms with E-state index in [4.69, 9.17) is 14.8 Å². The first-order chi connectivity index (χ1) is 19.6. The fraction of sp³-hybridized carbons (Fsp3) is 0.182. The smallest absolute Gasteiger partial charge is 0.337 e. The van der Waals surface area contributed by atoms with Gasteiger partial charge in [0.2, 0.25) is 5.95 Å². The van der Waals surface area contributed by atoms with Crippen molar-refractivity contribution in [2.24, 2.45) is 13.0 Å². The topological polar surface area (TPSA) is 65.2 Å². The van der Waals surface area contributed by atoms with Gasteiger partial charge >= 0.3 is 5.97 Å². The molecule has 3 heterocycles. The van der Waals surface area contributed by atoms with Crippen LogP contribution in [0, 0.1) is 5.92 Å². The number of ether oxygens (including phenoxy) is 1. The lowest BCUT2D eigenvalue weighted by Gasteiger charge is -2.49. The molecule has 40 heavy (non-hydrogen) atoms. The summed E-state index contributed by atoms with van der Waals surface area (Å²) < 4.78 is 9.10. The minimum Gasteiger partial charge on any atom is -0.465 e. The number of aryl methyl sites for hydroxylation is 1. The normalized spacial score (nSPS) is 19.4. The van der Waals surface area contributed by atoms with E-state index in [2.05, 4.69) is 94.6 Å². The molecule has 2 aliphatic rings. The molecule has 5 aromatic rings. The van der Waals surface area contributed by atoms with E-state index in [9.17, 15) is 4.79 Å². The monoisotopic (exact) mass is 527 g/mol. The first kappa shape index (κ1) is 24.2. The summed E-state index contributed by atoms with van der Waals surface area (Å²) in [6.07, 6.45) is 13.8. The Labute approximate surface area is 232 Å². The van der Waals surface area contributed by atoms with E-state index in [0.29, 0.717) is 12.1 Å². The van der Waals surface area contributed by atoms with E-state index in [1.54, 1.807) is 6.07 Å². The van der Waals surface area contributed by atoms with E-state index < -0.39 is 5.54 Å². The Morgan fingerprint density at radius 1 is 1.05 bits per heavy atom. The van der Waals surface area contributed by atoms with Crippen LogP contribution in [0.4, 0.5) is 11.6 Å². The standard InChI is InChI=1S/C33H29N5O2/c1-36-30-21-23(31(39)40-2)17-18-26(30)28(35-36)22-37-29-16-10-9-15-27(29)33(24-11-5-3-6-12-24,25-13-7-4-8-14-25)38-20-19-34-32(37)38/h3-13,15-21,25H,14,22H2,1-2H3. The number of allylic oxidation sites excluding steroid dienone is 4. The van der Waals surface area contributed by atoms with Crippen molar-refractivity contribution in [1.29, 1.82) is 0 Å². The molecule has 7 rings (SSSR count). The highest BCUT2D eigenvalue weighted by Crippen LogP contribution is 2.53. The van der Waals surface area contributed by atoms with Crippen molar-refractivity contribution in [3.63, 3.8) is 0 Å². The molecule has 2 atom stereocenters. The van der Waals surface area contributed by atoms with Crippen LogP contribution in [-0.2, 0) is 23.9 Å². The van der Waals surface area contributed by atoms with E-state index in [-0.39, 0.29) is 11.9 Å². The second-order valence-electron chi connectivity index (χ2n) is 10.3. The zero-order valence-corrected chi connectivity index (χ0v) is 22.4. The number of fused-ring (bicyclic) bond motifs is 3. The number of esters is 1. The molecule has 0 bridgehead atoms. The van der Waals surface area contributed by atoms with Crippen molar-refractivity contribution in [3.8, 4) is 0 Å². The second-order valence-corrected chi connectivity index (χ2v) is 10.3. The SMILES string of the molecule is COC(=O)c1ccc2c(CN3c4ccccc4C(c4ccccc4)(C4C=CC=CC4)n4ccnc43)nn(C)c2c1. The highest BCUT2D eigenvalue weighted by molar-refractivity contribution is 5.95. The van der Waals surface area contributed by atoms with Crippen LogP contribution in [0.1, 0.15) is 33.6 Å². The number of nitrogens with zero attached hydrogens (tertiary/aromatic N) is 5. The lowest BCUT2D eigenvalue weighted by molar-refractivity contribution is 0.0601. The maximum Gasteiger partial charge on any atom is 0.337 e. The number of para-hydroxylation sites is 1. The molecule has 0 radical (unpaired) electrons. The Kier molecular flexibility index (Phi) is 5.66. The number of rotatable bonds is 5. The fourth-order valence-electron chi connectivity index (χ4n) is 6.51. The van der Waals surface area contributed by atoms with Crippen molar-refractivity contribution in [2.45, 2.75) is 18.5 Å². The molecule has 0 saturated heterocycles. The molecule has 0 amide bonds. The van der Waals surface area contributed by atoms with Crippen LogP contribution >= 0.6 is 0 Å². The van der Waals surface area contributed by atoms with Gasteiger partial charge in [0.25, 0.3) is 0 Å². The van der Waals surface area contributed by atoms with Crippen molar-refractivity contribution >= 4 is 28.5 Å². The van der Waals surface area contributed by atoms with Gasteiger partial charge in [0.1, 0.15) is 5.54 Å². The van der Waals surface area contributed by atoms with Gasteiger partial charge in [0.15, 0.2) is 0 Å². The van der Waals surface area contributed by atoms with Crippen LogP contribution < -0.4 is 4.90 Å². The van der Waals surface area contributed by atoms with Crippen molar-refractivity contribution in [1.82, 2.24) is 19.3 Å². The summed E-state index contributed by atoms with van der Waals surface area (Å²) >= 11 is 0. The predicted molar refractivity (Wildman–Crippen MR) is 156 cm³/mol. The fourth-order valence-corrected chi connectivity index (χ4v) is 6.51. The van der Waals surface area contributed by atoms with Gasteiger partial charge in [0.05, 0.1) is 36.1 Å². The number of methoxy groups -OCH3 is 1.